The fourth-order valence-electron chi connectivity index (χ4n) is 1.01. The quantitative estimate of drug-likeness (QED) is 0.779. The zero-order valence-corrected chi connectivity index (χ0v) is 8.11. The van der Waals surface area contributed by atoms with Crippen LogP contribution in [0.5, 0.6) is 0 Å². The molecule has 0 aliphatic carbocycles. The first-order chi connectivity index (χ1) is 6.16. The molecule has 0 fully saturated rings. The zero-order chi connectivity index (χ0) is 9.84. The molecule has 13 heavy (non-hydrogen) atoms. The predicted molar refractivity (Wildman–Crippen MR) is 54.2 cm³/mol. The van der Waals surface area contributed by atoms with Gasteiger partial charge in [0.1, 0.15) is 5.82 Å². The summed E-state index contributed by atoms with van der Waals surface area (Å²) in [4.78, 5) is 0. The summed E-state index contributed by atoms with van der Waals surface area (Å²) in [6.45, 7) is 2.10. The highest BCUT2D eigenvalue weighted by atomic mass is 35.5. The standard InChI is InChI=1S/C10H11ClFN/c1-7-9(12)5-4-8(10(7)11)3-2-6-13/h2-5H,6,13H2,1H3. The molecule has 1 aromatic carbocycles. The van der Waals surface area contributed by atoms with Crippen LogP contribution in [0.15, 0.2) is 18.2 Å². The van der Waals surface area contributed by atoms with Gasteiger partial charge < -0.3 is 5.73 Å². The molecule has 1 rings (SSSR count). The smallest absolute Gasteiger partial charge is 0.127 e. The number of hydrogen-bond acceptors (Lipinski definition) is 1. The highest BCUT2D eigenvalue weighted by Gasteiger charge is 2.04. The van der Waals surface area contributed by atoms with Crippen molar-refractivity contribution in [3.8, 4) is 0 Å². The van der Waals surface area contributed by atoms with Gasteiger partial charge in [0.05, 0.1) is 5.02 Å². The van der Waals surface area contributed by atoms with Crippen LogP contribution in [0.4, 0.5) is 4.39 Å². The average Bonchev–Trinajstić information content (AvgIpc) is 2.13. The van der Waals surface area contributed by atoms with Crippen LogP contribution in [0.2, 0.25) is 5.02 Å². The van der Waals surface area contributed by atoms with Crippen LogP contribution in [0, 0.1) is 12.7 Å². The summed E-state index contributed by atoms with van der Waals surface area (Å²) in [5, 5.41) is 0.449. The van der Waals surface area contributed by atoms with Crippen LogP contribution in [-0.2, 0) is 0 Å². The van der Waals surface area contributed by atoms with Gasteiger partial charge in [-0.05, 0) is 18.6 Å². The molecule has 0 bridgehead atoms. The molecule has 0 radical (unpaired) electrons. The lowest BCUT2D eigenvalue weighted by Gasteiger charge is -2.02. The first-order valence-electron chi connectivity index (χ1n) is 3.98. The minimum absolute atomic E-state index is 0.283. The van der Waals surface area contributed by atoms with E-state index >= 15 is 0 Å². The third-order valence-corrected chi connectivity index (χ3v) is 2.29. The van der Waals surface area contributed by atoms with Crippen LogP contribution in [0.1, 0.15) is 11.1 Å². The van der Waals surface area contributed by atoms with Gasteiger partial charge in [-0.1, -0.05) is 29.8 Å². The minimum atomic E-state index is -0.283. The number of hydrogen-bond donors (Lipinski definition) is 1. The maximum absolute atomic E-state index is 12.9. The lowest BCUT2D eigenvalue weighted by molar-refractivity contribution is 0.618. The Kier molecular flexibility index (Phi) is 3.46. The molecule has 0 atom stereocenters. The van der Waals surface area contributed by atoms with Crippen molar-refractivity contribution in [1.29, 1.82) is 0 Å². The predicted octanol–water partition coefficient (Wildman–Crippen LogP) is 2.76. The van der Waals surface area contributed by atoms with E-state index in [-0.39, 0.29) is 5.82 Å². The van der Waals surface area contributed by atoms with Crippen molar-refractivity contribution in [3.05, 3.63) is 40.2 Å². The molecule has 0 aromatic heterocycles. The molecular weight excluding hydrogens is 189 g/mol. The molecule has 0 aliphatic rings. The van der Waals surface area contributed by atoms with Crippen molar-refractivity contribution in [2.45, 2.75) is 6.92 Å². The molecule has 1 nitrogen and oxygen atoms in total. The fourth-order valence-corrected chi connectivity index (χ4v) is 1.22. The van der Waals surface area contributed by atoms with Gasteiger partial charge in [0.2, 0.25) is 0 Å². The average molecular weight is 200 g/mol. The van der Waals surface area contributed by atoms with Gasteiger partial charge in [0, 0.05) is 12.1 Å². The summed E-state index contributed by atoms with van der Waals surface area (Å²) in [7, 11) is 0. The van der Waals surface area contributed by atoms with E-state index in [1.54, 1.807) is 25.1 Å². The number of halogens is 2. The van der Waals surface area contributed by atoms with Gasteiger partial charge in [0.25, 0.3) is 0 Å². The van der Waals surface area contributed by atoms with E-state index in [1.807, 2.05) is 0 Å². The molecule has 1 aromatic rings. The second-order valence-electron chi connectivity index (χ2n) is 2.71. The molecule has 0 spiro atoms. The van der Waals surface area contributed by atoms with Crippen LogP contribution in [0.3, 0.4) is 0 Å². The van der Waals surface area contributed by atoms with Crippen LogP contribution >= 0.6 is 11.6 Å². The summed E-state index contributed by atoms with van der Waals surface area (Å²) < 4.78 is 12.9. The molecule has 0 saturated heterocycles. The molecule has 0 unspecified atom stereocenters. The van der Waals surface area contributed by atoms with E-state index in [2.05, 4.69) is 0 Å². The Morgan fingerprint density at radius 1 is 1.54 bits per heavy atom. The van der Waals surface area contributed by atoms with Crippen molar-refractivity contribution in [2.24, 2.45) is 5.73 Å². The Hall–Kier alpha value is -0.860. The second kappa shape index (κ2) is 4.40. The van der Waals surface area contributed by atoms with Crippen molar-refractivity contribution >= 4 is 17.7 Å². The summed E-state index contributed by atoms with van der Waals surface area (Å²) in [6, 6.07) is 3.04. The lowest BCUT2D eigenvalue weighted by Crippen LogP contribution is -1.92. The van der Waals surface area contributed by atoms with E-state index in [1.165, 1.54) is 6.07 Å². The van der Waals surface area contributed by atoms with Crippen molar-refractivity contribution in [1.82, 2.24) is 0 Å². The summed E-state index contributed by atoms with van der Waals surface area (Å²) in [6.07, 6.45) is 3.56. The third kappa shape index (κ3) is 2.29. The topological polar surface area (TPSA) is 26.0 Å². The SMILES string of the molecule is Cc1c(F)ccc(C=CCN)c1Cl. The minimum Gasteiger partial charge on any atom is -0.327 e. The second-order valence-corrected chi connectivity index (χ2v) is 3.09. The summed E-state index contributed by atoms with van der Waals surface area (Å²) >= 11 is 5.90. The molecule has 0 amide bonds. The fraction of sp³-hybridized carbons (Fsp3) is 0.200. The maximum atomic E-state index is 12.9. The van der Waals surface area contributed by atoms with Crippen molar-refractivity contribution in [2.75, 3.05) is 6.54 Å². The molecule has 0 heterocycles. The van der Waals surface area contributed by atoms with Crippen molar-refractivity contribution in [3.63, 3.8) is 0 Å². The van der Waals surface area contributed by atoms with Crippen molar-refractivity contribution < 1.29 is 4.39 Å². The number of rotatable bonds is 2. The van der Waals surface area contributed by atoms with Gasteiger partial charge >= 0.3 is 0 Å². The van der Waals surface area contributed by atoms with Gasteiger partial charge in [0.15, 0.2) is 0 Å². The van der Waals surface area contributed by atoms with E-state index < -0.39 is 0 Å². The van der Waals surface area contributed by atoms with E-state index in [4.69, 9.17) is 17.3 Å². The molecular formula is C10H11ClFN. The Labute approximate surface area is 82.0 Å². The normalized spacial score (nSPS) is 11.1. The molecule has 0 aliphatic heterocycles. The molecule has 3 heteroatoms. The van der Waals surface area contributed by atoms with E-state index in [9.17, 15) is 4.39 Å². The summed E-state index contributed by atoms with van der Waals surface area (Å²) in [5.41, 5.74) is 6.56. The molecule has 2 N–H and O–H groups in total. The first kappa shape index (κ1) is 10.2. The van der Waals surface area contributed by atoms with Crippen LogP contribution in [0.25, 0.3) is 6.08 Å². The Morgan fingerprint density at radius 2 is 2.23 bits per heavy atom. The van der Waals surface area contributed by atoms with Crippen LogP contribution in [-0.4, -0.2) is 6.54 Å². The largest absolute Gasteiger partial charge is 0.327 e. The Morgan fingerprint density at radius 3 is 2.85 bits per heavy atom. The number of nitrogens with two attached hydrogens (primary N) is 1. The molecule has 70 valence electrons. The lowest BCUT2D eigenvalue weighted by atomic mass is 10.1. The van der Waals surface area contributed by atoms with Gasteiger partial charge in [-0.2, -0.15) is 0 Å². The number of benzene rings is 1. The third-order valence-electron chi connectivity index (χ3n) is 1.78. The Bertz CT molecular complexity index is 334. The molecule has 0 saturated carbocycles. The van der Waals surface area contributed by atoms with Gasteiger partial charge in [-0.25, -0.2) is 4.39 Å². The highest BCUT2D eigenvalue weighted by Crippen LogP contribution is 2.23. The van der Waals surface area contributed by atoms with Gasteiger partial charge in [-0.3, -0.25) is 0 Å². The highest BCUT2D eigenvalue weighted by molar-refractivity contribution is 6.32. The van der Waals surface area contributed by atoms with Crippen LogP contribution < -0.4 is 5.73 Å². The van der Waals surface area contributed by atoms with E-state index in [0.29, 0.717) is 17.1 Å². The van der Waals surface area contributed by atoms with Gasteiger partial charge in [-0.15, -0.1) is 0 Å². The van der Waals surface area contributed by atoms with E-state index in [0.717, 1.165) is 5.56 Å². The zero-order valence-electron chi connectivity index (χ0n) is 7.35. The Balaban J connectivity index is 3.11. The maximum Gasteiger partial charge on any atom is 0.127 e. The first-order valence-corrected chi connectivity index (χ1v) is 4.36. The summed E-state index contributed by atoms with van der Waals surface area (Å²) in [5.74, 6) is -0.283. The monoisotopic (exact) mass is 199 g/mol.